The van der Waals surface area contributed by atoms with Crippen molar-refractivity contribution >= 4 is 5.91 Å². The number of rotatable bonds is 12. The molecule has 0 aliphatic carbocycles. The van der Waals surface area contributed by atoms with Crippen LogP contribution in [0.4, 0.5) is 0 Å². The maximum atomic E-state index is 13.2. The fourth-order valence-corrected chi connectivity index (χ4v) is 5.55. The summed E-state index contributed by atoms with van der Waals surface area (Å²) >= 11 is 0. The van der Waals surface area contributed by atoms with E-state index in [9.17, 15) is 4.79 Å². The highest BCUT2D eigenvalue weighted by Gasteiger charge is 2.44. The van der Waals surface area contributed by atoms with Crippen LogP contribution >= 0.6 is 0 Å². The third kappa shape index (κ3) is 5.90. The number of hydrogen-bond acceptors (Lipinski definition) is 4. The monoisotopic (exact) mass is 534 g/mol. The van der Waals surface area contributed by atoms with E-state index in [0.717, 1.165) is 47.7 Å². The first kappa shape index (κ1) is 27.5. The fourth-order valence-electron chi connectivity index (χ4n) is 5.55. The van der Waals surface area contributed by atoms with Gasteiger partial charge < -0.3 is 15.2 Å². The van der Waals surface area contributed by atoms with Gasteiger partial charge in [0.05, 0.1) is 5.41 Å². The van der Waals surface area contributed by atoms with Crippen molar-refractivity contribution in [2.45, 2.75) is 50.4 Å². The average molecular weight is 535 g/mol. The molecule has 206 valence electrons. The van der Waals surface area contributed by atoms with Gasteiger partial charge in [-0.2, -0.15) is 0 Å². The zero-order chi connectivity index (χ0) is 28.0. The second-order valence-electron chi connectivity index (χ2n) is 11.2. The third-order valence-electron chi connectivity index (χ3n) is 8.15. The molecule has 1 amide bonds. The van der Waals surface area contributed by atoms with Gasteiger partial charge in [0.2, 0.25) is 5.91 Å². The van der Waals surface area contributed by atoms with Crippen LogP contribution in [0.25, 0.3) is 0 Å². The van der Waals surface area contributed by atoms with Crippen LogP contribution in [-0.4, -0.2) is 35.5 Å². The van der Waals surface area contributed by atoms with E-state index >= 15 is 0 Å². The average Bonchev–Trinajstić information content (AvgIpc) is 2.96. The van der Waals surface area contributed by atoms with E-state index in [0.29, 0.717) is 13.0 Å². The summed E-state index contributed by atoms with van der Waals surface area (Å²) in [6.07, 6.45) is 1.48. The van der Waals surface area contributed by atoms with E-state index in [1.807, 2.05) is 103 Å². The van der Waals surface area contributed by atoms with Crippen molar-refractivity contribution < 1.29 is 14.3 Å². The Hall–Kier alpha value is -4.09. The summed E-state index contributed by atoms with van der Waals surface area (Å²) in [5.74, 6) is 1.19. The number of nitrogens with two attached hydrogens (primary N) is 1. The van der Waals surface area contributed by atoms with Gasteiger partial charge in [-0.3, -0.25) is 9.69 Å². The third-order valence-corrected chi connectivity index (χ3v) is 8.15. The minimum Gasteiger partial charge on any atom is -0.485 e. The molecule has 0 radical (unpaired) electrons. The van der Waals surface area contributed by atoms with Crippen LogP contribution in [0.15, 0.2) is 115 Å². The molecule has 5 nitrogen and oxygen atoms in total. The predicted octanol–water partition coefficient (Wildman–Crippen LogP) is 6.36. The van der Waals surface area contributed by atoms with Gasteiger partial charge in [0.15, 0.2) is 11.5 Å². The molecular formula is C35H38N2O3. The Morgan fingerprint density at radius 3 is 1.80 bits per heavy atom. The molecule has 40 heavy (non-hydrogen) atoms. The minimum atomic E-state index is -0.893. The number of carbonyl (C=O) groups is 1. The van der Waals surface area contributed by atoms with Gasteiger partial charge in [0.1, 0.15) is 12.7 Å². The summed E-state index contributed by atoms with van der Waals surface area (Å²) < 4.78 is 12.5. The predicted molar refractivity (Wildman–Crippen MR) is 159 cm³/mol. The molecule has 4 aromatic rings. The Balaban J connectivity index is 1.24. The maximum absolute atomic E-state index is 13.2. The van der Waals surface area contributed by atoms with Crippen LogP contribution in [0, 0.1) is 0 Å². The number of benzene rings is 4. The molecule has 0 spiro atoms. The molecule has 1 saturated heterocycles. The van der Waals surface area contributed by atoms with E-state index in [2.05, 4.69) is 30.9 Å². The van der Waals surface area contributed by atoms with E-state index in [1.54, 1.807) is 0 Å². The van der Waals surface area contributed by atoms with Gasteiger partial charge in [-0.05, 0) is 55.5 Å². The zero-order valence-electron chi connectivity index (χ0n) is 23.3. The molecule has 0 unspecified atom stereocenters. The van der Waals surface area contributed by atoms with Gasteiger partial charge in [-0.15, -0.1) is 0 Å². The Kier molecular flexibility index (Phi) is 8.22. The summed E-state index contributed by atoms with van der Waals surface area (Å²) in [5, 5.41) is 0. The minimum absolute atomic E-state index is 0.0740. The van der Waals surface area contributed by atoms with Gasteiger partial charge in [0.25, 0.3) is 0 Å². The van der Waals surface area contributed by atoms with Gasteiger partial charge in [0, 0.05) is 18.6 Å². The molecule has 1 aliphatic heterocycles. The Labute approximate surface area is 237 Å². The summed E-state index contributed by atoms with van der Waals surface area (Å²) in [6, 6.07) is 37.9. The molecule has 4 aromatic carbocycles. The standard InChI is InChI=1S/C35H38N2O3/c1-34(2,22-23-35(33(36)38,28-16-8-4-9-17-28)29-18-10-5-11-19-29)37-24-30(25-37)40-32-21-13-12-20-31(32)39-26-27-14-6-3-7-15-27/h3-21,30H,22-26H2,1-2H3,(H2,36,38). The normalized spacial score (nSPS) is 14.3. The first-order chi connectivity index (χ1) is 19.4. The Morgan fingerprint density at radius 2 is 1.25 bits per heavy atom. The maximum Gasteiger partial charge on any atom is 0.232 e. The van der Waals surface area contributed by atoms with Crippen molar-refractivity contribution in [2.24, 2.45) is 5.73 Å². The van der Waals surface area contributed by atoms with Crippen LogP contribution < -0.4 is 15.2 Å². The molecule has 5 rings (SSSR count). The molecule has 1 heterocycles. The number of carbonyl (C=O) groups excluding carboxylic acids is 1. The summed E-state index contributed by atoms with van der Waals surface area (Å²) in [5.41, 5.74) is 8.13. The number of likely N-dealkylation sites (tertiary alicyclic amines) is 1. The highest BCUT2D eigenvalue weighted by molar-refractivity contribution is 5.90. The van der Waals surface area contributed by atoms with Crippen molar-refractivity contribution in [2.75, 3.05) is 13.1 Å². The van der Waals surface area contributed by atoms with Crippen LogP contribution in [-0.2, 0) is 16.8 Å². The number of amides is 1. The fraction of sp³-hybridized carbons (Fsp3) is 0.286. The van der Waals surface area contributed by atoms with Gasteiger partial charge in [-0.25, -0.2) is 0 Å². The number of hydrogen-bond donors (Lipinski definition) is 1. The SMILES string of the molecule is CC(C)(CCC(C(N)=O)(c1ccccc1)c1ccccc1)N1CC(Oc2ccccc2OCc2ccccc2)C1. The second kappa shape index (κ2) is 12.0. The summed E-state index contributed by atoms with van der Waals surface area (Å²) in [4.78, 5) is 15.6. The zero-order valence-corrected chi connectivity index (χ0v) is 23.3. The molecule has 1 aliphatic rings. The number of nitrogens with zero attached hydrogens (tertiary/aromatic N) is 1. The van der Waals surface area contributed by atoms with Gasteiger partial charge in [-0.1, -0.05) is 103 Å². The second-order valence-corrected chi connectivity index (χ2v) is 11.2. The highest BCUT2D eigenvalue weighted by atomic mass is 16.5. The van der Waals surface area contributed by atoms with E-state index in [-0.39, 0.29) is 17.6 Å². The van der Waals surface area contributed by atoms with E-state index in [4.69, 9.17) is 15.2 Å². The van der Waals surface area contributed by atoms with Crippen LogP contribution in [0.5, 0.6) is 11.5 Å². The van der Waals surface area contributed by atoms with Crippen molar-refractivity contribution in [3.05, 3.63) is 132 Å². The topological polar surface area (TPSA) is 64.8 Å². The van der Waals surface area contributed by atoms with Crippen LogP contribution in [0.2, 0.25) is 0 Å². The van der Waals surface area contributed by atoms with Crippen molar-refractivity contribution in [3.63, 3.8) is 0 Å². The molecule has 0 bridgehead atoms. The first-order valence-corrected chi connectivity index (χ1v) is 14.0. The number of primary amides is 1. The van der Waals surface area contributed by atoms with E-state index in [1.165, 1.54) is 0 Å². The molecule has 5 heteroatoms. The Bertz CT molecular complexity index is 1340. The molecule has 0 atom stereocenters. The summed E-state index contributed by atoms with van der Waals surface area (Å²) in [7, 11) is 0. The van der Waals surface area contributed by atoms with Gasteiger partial charge >= 0.3 is 0 Å². The summed E-state index contributed by atoms with van der Waals surface area (Å²) in [6.45, 7) is 6.58. The van der Waals surface area contributed by atoms with Crippen molar-refractivity contribution in [1.82, 2.24) is 4.90 Å². The van der Waals surface area contributed by atoms with Crippen molar-refractivity contribution in [1.29, 1.82) is 0 Å². The molecule has 0 aromatic heterocycles. The van der Waals surface area contributed by atoms with Crippen molar-refractivity contribution in [3.8, 4) is 11.5 Å². The molecular weight excluding hydrogens is 496 g/mol. The quantitative estimate of drug-likeness (QED) is 0.230. The highest BCUT2D eigenvalue weighted by Crippen LogP contribution is 2.40. The largest absolute Gasteiger partial charge is 0.485 e. The lowest BCUT2D eigenvalue weighted by molar-refractivity contribution is -0.122. The Morgan fingerprint density at radius 1 is 0.750 bits per heavy atom. The lowest BCUT2D eigenvalue weighted by atomic mass is 9.69. The molecule has 1 fully saturated rings. The van der Waals surface area contributed by atoms with E-state index < -0.39 is 5.41 Å². The van der Waals surface area contributed by atoms with Crippen LogP contribution in [0.1, 0.15) is 43.4 Å². The lowest BCUT2D eigenvalue weighted by Crippen LogP contribution is -2.62. The molecule has 0 saturated carbocycles. The number of ether oxygens (including phenoxy) is 2. The van der Waals surface area contributed by atoms with Crippen LogP contribution in [0.3, 0.4) is 0 Å². The lowest BCUT2D eigenvalue weighted by Gasteiger charge is -2.49. The molecule has 2 N–H and O–H groups in total. The smallest absolute Gasteiger partial charge is 0.232 e. The first-order valence-electron chi connectivity index (χ1n) is 14.0. The number of para-hydroxylation sites is 2.